The third kappa shape index (κ3) is 4.96. The lowest BCUT2D eigenvalue weighted by molar-refractivity contribution is -0.133. The third-order valence-electron chi connectivity index (χ3n) is 5.09. The molecule has 0 N–H and O–H groups in total. The summed E-state index contributed by atoms with van der Waals surface area (Å²) in [5.74, 6) is 1.71. The van der Waals surface area contributed by atoms with Gasteiger partial charge in [-0.2, -0.15) is 4.98 Å². The Labute approximate surface area is 162 Å². The van der Waals surface area contributed by atoms with Crippen molar-refractivity contribution in [2.24, 2.45) is 11.3 Å². The van der Waals surface area contributed by atoms with Gasteiger partial charge in [0.1, 0.15) is 6.04 Å². The standard InChI is InChI=1S/C22H31N3O2/c1-15-8-10-17(11-9-15)20-23-21(27-24-20)18-7-6-12-25(18)19(26)13-16(2)14-22(3,4)5/h8-11,16,18H,6-7,12-14H2,1-5H3/t16-,18+/m1/s1. The summed E-state index contributed by atoms with van der Waals surface area (Å²) >= 11 is 0. The Balaban J connectivity index is 1.69. The normalized spacial score (nSPS) is 18.7. The molecule has 0 unspecified atom stereocenters. The number of aryl methyl sites for hydroxylation is 1. The highest BCUT2D eigenvalue weighted by Gasteiger charge is 2.34. The lowest BCUT2D eigenvalue weighted by Crippen LogP contribution is -2.32. The van der Waals surface area contributed by atoms with Crippen molar-refractivity contribution < 1.29 is 9.32 Å². The zero-order valence-corrected chi connectivity index (χ0v) is 17.2. The van der Waals surface area contributed by atoms with Crippen molar-refractivity contribution in [2.75, 3.05) is 6.54 Å². The van der Waals surface area contributed by atoms with Crippen LogP contribution < -0.4 is 0 Å². The molecule has 2 aromatic rings. The van der Waals surface area contributed by atoms with E-state index in [0.717, 1.165) is 31.4 Å². The minimum absolute atomic E-state index is 0.0916. The summed E-state index contributed by atoms with van der Waals surface area (Å²) in [5, 5.41) is 4.14. The van der Waals surface area contributed by atoms with E-state index in [0.29, 0.717) is 24.1 Å². The molecule has 1 saturated heterocycles. The van der Waals surface area contributed by atoms with Gasteiger partial charge in [0, 0.05) is 18.5 Å². The first-order valence-corrected chi connectivity index (χ1v) is 9.93. The van der Waals surface area contributed by atoms with Crippen LogP contribution in [0.15, 0.2) is 28.8 Å². The highest BCUT2D eigenvalue weighted by Crippen LogP contribution is 2.34. The molecule has 0 saturated carbocycles. The molecule has 0 radical (unpaired) electrons. The topological polar surface area (TPSA) is 59.2 Å². The van der Waals surface area contributed by atoms with E-state index >= 15 is 0 Å². The van der Waals surface area contributed by atoms with Crippen LogP contribution in [0.3, 0.4) is 0 Å². The molecule has 0 bridgehead atoms. The second-order valence-corrected chi connectivity index (χ2v) is 9.14. The Hall–Kier alpha value is -2.17. The highest BCUT2D eigenvalue weighted by molar-refractivity contribution is 5.77. The van der Waals surface area contributed by atoms with E-state index in [1.807, 2.05) is 36.1 Å². The van der Waals surface area contributed by atoms with Gasteiger partial charge in [-0.1, -0.05) is 62.7 Å². The molecule has 1 amide bonds. The van der Waals surface area contributed by atoms with Crippen molar-refractivity contribution in [1.29, 1.82) is 0 Å². The van der Waals surface area contributed by atoms with Crippen LogP contribution in [0.5, 0.6) is 0 Å². The van der Waals surface area contributed by atoms with Crippen LogP contribution in [0.4, 0.5) is 0 Å². The Morgan fingerprint density at radius 1 is 1.30 bits per heavy atom. The van der Waals surface area contributed by atoms with Crippen molar-refractivity contribution in [3.05, 3.63) is 35.7 Å². The molecule has 2 atom stereocenters. The number of hydrogen-bond donors (Lipinski definition) is 0. The molecule has 27 heavy (non-hydrogen) atoms. The van der Waals surface area contributed by atoms with Crippen LogP contribution in [0.1, 0.15) is 70.9 Å². The van der Waals surface area contributed by atoms with Gasteiger partial charge in [0.15, 0.2) is 0 Å². The molecule has 2 heterocycles. The number of amides is 1. The fraction of sp³-hybridized carbons (Fsp3) is 0.591. The van der Waals surface area contributed by atoms with Crippen molar-refractivity contribution in [1.82, 2.24) is 15.0 Å². The summed E-state index contributed by atoms with van der Waals surface area (Å²) < 4.78 is 5.54. The number of carbonyl (C=O) groups excluding carboxylic acids is 1. The van der Waals surface area contributed by atoms with Crippen molar-refractivity contribution in [3.63, 3.8) is 0 Å². The van der Waals surface area contributed by atoms with E-state index in [4.69, 9.17) is 4.52 Å². The maximum Gasteiger partial charge on any atom is 0.249 e. The van der Waals surface area contributed by atoms with E-state index < -0.39 is 0 Å². The second kappa shape index (κ2) is 7.83. The van der Waals surface area contributed by atoms with Gasteiger partial charge in [-0.05, 0) is 37.5 Å². The Kier molecular flexibility index (Phi) is 5.68. The van der Waals surface area contributed by atoms with Crippen molar-refractivity contribution in [3.8, 4) is 11.4 Å². The van der Waals surface area contributed by atoms with Gasteiger partial charge >= 0.3 is 0 Å². The molecule has 1 aromatic heterocycles. The fourth-order valence-corrected chi connectivity index (χ4v) is 4.05. The average molecular weight is 370 g/mol. The number of hydrogen-bond acceptors (Lipinski definition) is 4. The summed E-state index contributed by atoms with van der Waals surface area (Å²) in [7, 11) is 0. The summed E-state index contributed by atoms with van der Waals surface area (Å²) in [4.78, 5) is 19.4. The first-order chi connectivity index (χ1) is 12.7. The molecule has 3 rings (SSSR count). The largest absolute Gasteiger partial charge is 0.337 e. The quantitative estimate of drug-likeness (QED) is 0.729. The van der Waals surface area contributed by atoms with Gasteiger partial charge in [0.25, 0.3) is 0 Å². The van der Waals surface area contributed by atoms with Crippen molar-refractivity contribution >= 4 is 5.91 Å². The monoisotopic (exact) mass is 369 g/mol. The molecule has 5 heteroatoms. The molecule has 0 spiro atoms. The first-order valence-electron chi connectivity index (χ1n) is 9.93. The smallest absolute Gasteiger partial charge is 0.249 e. The van der Waals surface area contributed by atoms with Gasteiger partial charge in [0.05, 0.1) is 0 Å². The minimum atomic E-state index is -0.0916. The SMILES string of the molecule is Cc1ccc(-c2noc([C@@H]3CCCN3C(=O)C[C@@H](C)CC(C)(C)C)n2)cc1. The first kappa shape index (κ1) is 19.6. The lowest BCUT2D eigenvalue weighted by atomic mass is 9.84. The molecule has 1 aliphatic rings. The van der Waals surface area contributed by atoms with Gasteiger partial charge < -0.3 is 9.42 Å². The molecular weight excluding hydrogens is 338 g/mol. The number of nitrogens with zero attached hydrogens (tertiary/aromatic N) is 3. The Morgan fingerprint density at radius 2 is 2.00 bits per heavy atom. The van der Waals surface area contributed by atoms with E-state index in [2.05, 4.69) is 37.8 Å². The minimum Gasteiger partial charge on any atom is -0.337 e. The third-order valence-corrected chi connectivity index (χ3v) is 5.09. The number of rotatable bonds is 5. The van der Waals surface area contributed by atoms with Crippen LogP contribution in [-0.2, 0) is 4.79 Å². The van der Waals surface area contributed by atoms with Crippen LogP contribution in [0.2, 0.25) is 0 Å². The molecule has 5 nitrogen and oxygen atoms in total. The van der Waals surface area contributed by atoms with Gasteiger partial charge in [-0.25, -0.2) is 0 Å². The zero-order chi connectivity index (χ0) is 19.6. The maximum atomic E-state index is 12.9. The van der Waals surface area contributed by atoms with E-state index in [9.17, 15) is 4.79 Å². The highest BCUT2D eigenvalue weighted by atomic mass is 16.5. The van der Waals surface area contributed by atoms with E-state index in [1.165, 1.54) is 5.56 Å². The van der Waals surface area contributed by atoms with E-state index in [-0.39, 0.29) is 17.4 Å². The number of likely N-dealkylation sites (tertiary alicyclic amines) is 1. The van der Waals surface area contributed by atoms with Crippen LogP contribution in [-0.4, -0.2) is 27.5 Å². The van der Waals surface area contributed by atoms with Crippen LogP contribution >= 0.6 is 0 Å². The Bertz CT molecular complexity index is 774. The Morgan fingerprint density at radius 3 is 2.67 bits per heavy atom. The summed E-state index contributed by atoms with van der Waals surface area (Å²) in [6.45, 7) is 11.6. The molecule has 146 valence electrons. The number of carbonyl (C=O) groups is 1. The summed E-state index contributed by atoms with van der Waals surface area (Å²) in [5.41, 5.74) is 2.36. The number of benzene rings is 1. The van der Waals surface area contributed by atoms with Gasteiger partial charge in [-0.15, -0.1) is 0 Å². The summed E-state index contributed by atoms with van der Waals surface area (Å²) in [6, 6.07) is 7.97. The maximum absolute atomic E-state index is 12.9. The predicted octanol–water partition coefficient (Wildman–Crippen LogP) is 5.17. The molecular formula is C22H31N3O2. The van der Waals surface area contributed by atoms with Crippen LogP contribution in [0.25, 0.3) is 11.4 Å². The fourth-order valence-electron chi connectivity index (χ4n) is 4.05. The molecule has 0 aliphatic carbocycles. The lowest BCUT2D eigenvalue weighted by Gasteiger charge is -2.26. The predicted molar refractivity (Wildman–Crippen MR) is 106 cm³/mol. The molecule has 1 fully saturated rings. The average Bonchev–Trinajstić information content (AvgIpc) is 3.22. The second-order valence-electron chi connectivity index (χ2n) is 9.14. The molecule has 1 aliphatic heterocycles. The van der Waals surface area contributed by atoms with E-state index in [1.54, 1.807) is 0 Å². The van der Waals surface area contributed by atoms with Crippen molar-refractivity contribution in [2.45, 2.75) is 66.3 Å². The number of aromatic nitrogens is 2. The summed E-state index contributed by atoms with van der Waals surface area (Å²) in [6.07, 6.45) is 3.48. The van der Waals surface area contributed by atoms with Crippen LogP contribution in [0, 0.1) is 18.3 Å². The van der Waals surface area contributed by atoms with Gasteiger partial charge in [-0.3, -0.25) is 4.79 Å². The zero-order valence-electron chi connectivity index (χ0n) is 17.2. The molecule has 1 aromatic carbocycles. The van der Waals surface area contributed by atoms with Gasteiger partial charge in [0.2, 0.25) is 17.6 Å².